The summed E-state index contributed by atoms with van der Waals surface area (Å²) < 4.78 is 0. The minimum Gasteiger partial charge on any atom is -0.360 e. The Morgan fingerprint density at radius 1 is 1.23 bits per heavy atom. The Morgan fingerprint density at radius 3 is 2.73 bits per heavy atom. The fourth-order valence-corrected chi connectivity index (χ4v) is 2.58. The van der Waals surface area contributed by atoms with Crippen LogP contribution in [0.25, 0.3) is 0 Å². The quantitative estimate of drug-likeness (QED) is 0.497. The number of nitrogens with one attached hydrogen (secondary N) is 2. The molecule has 2 heterocycles. The molecule has 0 saturated carbocycles. The second-order valence-corrected chi connectivity index (χ2v) is 5.91. The van der Waals surface area contributed by atoms with Gasteiger partial charge in [0.25, 0.3) is 0 Å². The van der Waals surface area contributed by atoms with Gasteiger partial charge in [-0.1, -0.05) is 17.7 Å². The van der Waals surface area contributed by atoms with Crippen LogP contribution in [-0.2, 0) is 6.54 Å². The van der Waals surface area contributed by atoms with Gasteiger partial charge in [-0.25, -0.2) is 9.97 Å². The molecule has 0 fully saturated rings. The Bertz CT molecular complexity index is 936. The summed E-state index contributed by atoms with van der Waals surface area (Å²) in [5.41, 5.74) is 2.17. The Morgan fingerprint density at radius 2 is 2.04 bits per heavy atom. The van der Waals surface area contributed by atoms with Crippen LogP contribution >= 0.6 is 11.6 Å². The van der Waals surface area contributed by atoms with Crippen molar-refractivity contribution < 1.29 is 4.92 Å². The number of nitro groups is 1. The van der Waals surface area contributed by atoms with Gasteiger partial charge in [0.05, 0.1) is 4.92 Å². The second kappa shape index (κ2) is 7.75. The molecule has 8 nitrogen and oxygen atoms in total. The summed E-state index contributed by atoms with van der Waals surface area (Å²) >= 11 is 5.95. The second-order valence-electron chi connectivity index (χ2n) is 5.48. The van der Waals surface area contributed by atoms with Crippen LogP contribution in [0.5, 0.6) is 0 Å². The van der Waals surface area contributed by atoms with E-state index in [9.17, 15) is 10.1 Å². The van der Waals surface area contributed by atoms with Gasteiger partial charge in [0, 0.05) is 29.6 Å². The van der Waals surface area contributed by atoms with E-state index in [1.165, 1.54) is 6.33 Å². The Labute approximate surface area is 154 Å². The van der Waals surface area contributed by atoms with Crippen molar-refractivity contribution in [2.45, 2.75) is 13.5 Å². The predicted octanol–water partition coefficient (Wildman–Crippen LogP) is 4.10. The normalized spacial score (nSPS) is 10.4. The molecule has 0 aliphatic rings. The molecule has 0 aliphatic carbocycles. The Kier molecular flexibility index (Phi) is 5.23. The van der Waals surface area contributed by atoms with Gasteiger partial charge in [0.15, 0.2) is 0 Å². The van der Waals surface area contributed by atoms with Gasteiger partial charge in [-0.3, -0.25) is 15.1 Å². The molecule has 0 aliphatic heterocycles. The topological polar surface area (TPSA) is 106 Å². The molecule has 0 spiro atoms. The van der Waals surface area contributed by atoms with Crippen molar-refractivity contribution in [3.63, 3.8) is 0 Å². The van der Waals surface area contributed by atoms with Crippen LogP contribution in [0.15, 0.2) is 49.1 Å². The van der Waals surface area contributed by atoms with Crippen molar-refractivity contribution in [3.8, 4) is 0 Å². The number of pyridine rings is 1. The zero-order valence-electron chi connectivity index (χ0n) is 13.8. The van der Waals surface area contributed by atoms with Crippen molar-refractivity contribution in [1.29, 1.82) is 0 Å². The van der Waals surface area contributed by atoms with Crippen molar-refractivity contribution >= 4 is 34.6 Å². The number of hydrogen-bond acceptors (Lipinski definition) is 7. The number of halogens is 1. The van der Waals surface area contributed by atoms with E-state index < -0.39 is 4.92 Å². The van der Waals surface area contributed by atoms with E-state index in [1.54, 1.807) is 36.7 Å². The van der Waals surface area contributed by atoms with Crippen molar-refractivity contribution in [3.05, 3.63) is 75.3 Å². The lowest BCUT2D eigenvalue weighted by Crippen LogP contribution is -2.08. The smallest absolute Gasteiger partial charge is 0.353 e. The van der Waals surface area contributed by atoms with Gasteiger partial charge < -0.3 is 10.6 Å². The van der Waals surface area contributed by atoms with Crippen LogP contribution in [0.4, 0.5) is 23.0 Å². The van der Waals surface area contributed by atoms with Crippen LogP contribution in [-0.4, -0.2) is 19.9 Å². The van der Waals surface area contributed by atoms with Crippen LogP contribution in [0.3, 0.4) is 0 Å². The third-order valence-corrected chi connectivity index (χ3v) is 3.86. The minimum atomic E-state index is -0.515. The first-order valence-corrected chi connectivity index (χ1v) is 8.07. The van der Waals surface area contributed by atoms with E-state index in [1.807, 2.05) is 13.0 Å². The first-order valence-electron chi connectivity index (χ1n) is 7.70. The van der Waals surface area contributed by atoms with Crippen molar-refractivity contribution in [1.82, 2.24) is 15.0 Å². The molecule has 9 heteroatoms. The summed E-state index contributed by atoms with van der Waals surface area (Å²) in [5.74, 6) is 0.229. The van der Waals surface area contributed by atoms with Gasteiger partial charge >= 0.3 is 5.69 Å². The molecule has 0 amide bonds. The zero-order valence-corrected chi connectivity index (χ0v) is 14.6. The summed E-state index contributed by atoms with van der Waals surface area (Å²) in [6.45, 7) is 2.20. The standard InChI is InChI=1S/C17H15ClN6O2/c1-11-7-13(18)4-5-14(11)23-17-15(24(25)26)16(21-10-22-17)20-9-12-3-2-6-19-8-12/h2-8,10H,9H2,1H3,(H2,20,21,22,23). The third kappa shape index (κ3) is 4.04. The van der Waals surface area contributed by atoms with E-state index in [2.05, 4.69) is 25.6 Å². The van der Waals surface area contributed by atoms with Gasteiger partial charge in [-0.15, -0.1) is 0 Å². The summed E-state index contributed by atoms with van der Waals surface area (Å²) in [6.07, 6.45) is 4.61. The van der Waals surface area contributed by atoms with Crippen LogP contribution < -0.4 is 10.6 Å². The zero-order chi connectivity index (χ0) is 18.5. The number of nitrogens with zero attached hydrogens (tertiary/aromatic N) is 4. The fraction of sp³-hybridized carbons (Fsp3) is 0.118. The molecule has 26 heavy (non-hydrogen) atoms. The lowest BCUT2D eigenvalue weighted by molar-refractivity contribution is -0.383. The molecule has 3 rings (SSSR count). The van der Waals surface area contributed by atoms with Crippen LogP contribution in [0, 0.1) is 17.0 Å². The molecule has 1 aromatic carbocycles. The Hall–Kier alpha value is -3.26. The lowest BCUT2D eigenvalue weighted by atomic mass is 10.2. The van der Waals surface area contributed by atoms with Crippen molar-refractivity contribution in [2.75, 3.05) is 10.6 Å². The Balaban J connectivity index is 1.89. The number of rotatable bonds is 6. The SMILES string of the molecule is Cc1cc(Cl)ccc1Nc1ncnc(NCc2cccnc2)c1[N+](=O)[O-]. The predicted molar refractivity (Wildman–Crippen MR) is 99.7 cm³/mol. The van der Waals surface area contributed by atoms with Gasteiger partial charge in [0.2, 0.25) is 11.6 Å². The molecular formula is C17H15ClN6O2. The van der Waals surface area contributed by atoms with Crippen LogP contribution in [0.1, 0.15) is 11.1 Å². The first kappa shape index (κ1) is 17.6. The van der Waals surface area contributed by atoms with E-state index >= 15 is 0 Å². The van der Waals surface area contributed by atoms with Crippen molar-refractivity contribution in [2.24, 2.45) is 0 Å². The molecule has 0 radical (unpaired) electrons. The average molecular weight is 371 g/mol. The molecule has 0 atom stereocenters. The monoisotopic (exact) mass is 370 g/mol. The summed E-state index contributed by atoms with van der Waals surface area (Å²) in [6, 6.07) is 8.86. The highest BCUT2D eigenvalue weighted by Gasteiger charge is 2.23. The maximum absolute atomic E-state index is 11.6. The van der Waals surface area contributed by atoms with E-state index in [-0.39, 0.29) is 17.3 Å². The highest BCUT2D eigenvalue weighted by Crippen LogP contribution is 2.32. The fourth-order valence-electron chi connectivity index (χ4n) is 2.36. The molecule has 0 unspecified atom stereocenters. The molecule has 132 valence electrons. The third-order valence-electron chi connectivity index (χ3n) is 3.63. The number of aryl methyl sites for hydroxylation is 1. The highest BCUT2D eigenvalue weighted by atomic mass is 35.5. The number of aromatic nitrogens is 3. The van der Waals surface area contributed by atoms with E-state index in [4.69, 9.17) is 11.6 Å². The number of anilines is 3. The van der Waals surface area contributed by atoms with Gasteiger partial charge in [-0.05, 0) is 42.3 Å². The molecule has 2 N–H and O–H groups in total. The summed E-state index contributed by atoms with van der Waals surface area (Å²) in [5, 5.41) is 18.1. The largest absolute Gasteiger partial charge is 0.360 e. The van der Waals surface area contributed by atoms with Gasteiger partial charge in [0.1, 0.15) is 6.33 Å². The molecule has 0 saturated heterocycles. The average Bonchev–Trinajstić information content (AvgIpc) is 2.63. The summed E-state index contributed by atoms with van der Waals surface area (Å²) in [4.78, 5) is 23.1. The van der Waals surface area contributed by atoms with E-state index in [0.29, 0.717) is 17.3 Å². The molecular weight excluding hydrogens is 356 g/mol. The highest BCUT2D eigenvalue weighted by molar-refractivity contribution is 6.30. The maximum Gasteiger partial charge on any atom is 0.353 e. The molecule has 2 aromatic heterocycles. The summed E-state index contributed by atoms with van der Waals surface area (Å²) in [7, 11) is 0. The van der Waals surface area contributed by atoms with Crippen LogP contribution in [0.2, 0.25) is 5.02 Å². The maximum atomic E-state index is 11.6. The van der Waals surface area contributed by atoms with E-state index in [0.717, 1.165) is 11.1 Å². The number of hydrogen-bond donors (Lipinski definition) is 2. The molecule has 0 bridgehead atoms. The van der Waals surface area contributed by atoms with Gasteiger partial charge in [-0.2, -0.15) is 0 Å². The minimum absolute atomic E-state index is 0.101. The lowest BCUT2D eigenvalue weighted by Gasteiger charge is -2.11. The molecule has 3 aromatic rings. The first-order chi connectivity index (χ1) is 12.5. The number of benzene rings is 1.